The number of benzene rings is 1. The zero-order valence-electron chi connectivity index (χ0n) is 21.3. The van der Waals surface area contributed by atoms with E-state index in [1.165, 1.54) is 32.4 Å². The first kappa shape index (κ1) is 23.2. The van der Waals surface area contributed by atoms with Crippen LogP contribution in [-0.2, 0) is 7.05 Å². The van der Waals surface area contributed by atoms with Gasteiger partial charge in [-0.3, -0.25) is 14.1 Å². The molecule has 0 spiro atoms. The minimum absolute atomic E-state index is 0.0525. The second-order valence-corrected chi connectivity index (χ2v) is 10.6. The Hall–Kier alpha value is -3.19. The van der Waals surface area contributed by atoms with Crippen molar-refractivity contribution in [2.24, 2.45) is 13.0 Å². The van der Waals surface area contributed by atoms with Crippen LogP contribution in [-0.4, -0.2) is 50.2 Å². The molecule has 188 valence electrons. The molecular formula is C29H35N5O2. The molecule has 0 radical (unpaired) electrons. The van der Waals surface area contributed by atoms with Crippen LogP contribution >= 0.6 is 0 Å². The van der Waals surface area contributed by atoms with Gasteiger partial charge in [-0.2, -0.15) is 0 Å². The molecular weight excluding hydrogens is 450 g/mol. The summed E-state index contributed by atoms with van der Waals surface area (Å²) in [6.07, 6.45) is 10.6. The average molecular weight is 486 g/mol. The van der Waals surface area contributed by atoms with Gasteiger partial charge in [0.2, 0.25) is 5.88 Å². The van der Waals surface area contributed by atoms with Gasteiger partial charge in [-0.15, -0.1) is 0 Å². The predicted octanol–water partition coefficient (Wildman–Crippen LogP) is 5.18. The van der Waals surface area contributed by atoms with E-state index in [1.54, 1.807) is 4.57 Å². The van der Waals surface area contributed by atoms with E-state index in [-0.39, 0.29) is 11.7 Å². The molecule has 3 aromatic heterocycles. The molecule has 0 bridgehead atoms. The van der Waals surface area contributed by atoms with E-state index in [0.29, 0.717) is 18.4 Å². The summed E-state index contributed by atoms with van der Waals surface area (Å²) < 4.78 is 9.67. The number of likely N-dealkylation sites (tertiary alicyclic amines) is 1. The van der Waals surface area contributed by atoms with Gasteiger partial charge in [0.1, 0.15) is 0 Å². The van der Waals surface area contributed by atoms with E-state index >= 15 is 0 Å². The van der Waals surface area contributed by atoms with Crippen molar-refractivity contribution in [3.8, 4) is 17.0 Å². The van der Waals surface area contributed by atoms with Gasteiger partial charge in [0.25, 0.3) is 0 Å². The van der Waals surface area contributed by atoms with Gasteiger partial charge in [-0.1, -0.05) is 13.0 Å². The number of nitrogens with zero attached hydrogens (tertiary/aromatic N) is 5. The van der Waals surface area contributed by atoms with Crippen molar-refractivity contribution in [1.29, 1.82) is 0 Å². The van der Waals surface area contributed by atoms with Crippen LogP contribution in [0.1, 0.15) is 51.5 Å². The minimum Gasteiger partial charge on any atom is -0.478 e. The number of pyridine rings is 2. The Balaban J connectivity index is 1.27. The first-order chi connectivity index (χ1) is 17.6. The highest BCUT2D eigenvalue weighted by Crippen LogP contribution is 2.37. The quantitative estimate of drug-likeness (QED) is 0.338. The lowest BCUT2D eigenvalue weighted by atomic mass is 10.0. The molecule has 2 fully saturated rings. The van der Waals surface area contributed by atoms with E-state index in [4.69, 9.17) is 4.74 Å². The lowest BCUT2D eigenvalue weighted by Gasteiger charge is -2.14. The SMILES string of the molecule is C[C@H]1CC[C@H](n2c(=O)n(C)c3cnc4ccc(-c5ccc(OCCCN6CCCC6)nc5)cc4c32)C1. The summed E-state index contributed by atoms with van der Waals surface area (Å²) in [7, 11) is 1.85. The van der Waals surface area contributed by atoms with E-state index in [2.05, 4.69) is 40.0 Å². The minimum atomic E-state index is 0.0525. The van der Waals surface area contributed by atoms with Gasteiger partial charge in [0.15, 0.2) is 0 Å². The van der Waals surface area contributed by atoms with Crippen molar-refractivity contribution in [3.63, 3.8) is 0 Å². The number of hydrogen-bond acceptors (Lipinski definition) is 5. The lowest BCUT2D eigenvalue weighted by molar-refractivity contribution is 0.257. The molecule has 1 saturated heterocycles. The third-order valence-corrected chi connectivity index (χ3v) is 8.08. The van der Waals surface area contributed by atoms with E-state index < -0.39 is 0 Å². The molecule has 7 nitrogen and oxygen atoms in total. The molecule has 4 heterocycles. The van der Waals surface area contributed by atoms with Crippen LogP contribution < -0.4 is 10.4 Å². The maximum atomic E-state index is 13.3. The van der Waals surface area contributed by atoms with Crippen molar-refractivity contribution in [2.75, 3.05) is 26.2 Å². The van der Waals surface area contributed by atoms with Crippen molar-refractivity contribution in [3.05, 3.63) is 53.2 Å². The Kier molecular flexibility index (Phi) is 6.25. The molecule has 4 aromatic rings. The fourth-order valence-electron chi connectivity index (χ4n) is 6.06. The molecule has 6 rings (SSSR count). The molecule has 36 heavy (non-hydrogen) atoms. The number of aryl methyl sites for hydroxylation is 1. The molecule has 1 saturated carbocycles. The maximum Gasteiger partial charge on any atom is 0.329 e. The highest BCUT2D eigenvalue weighted by Gasteiger charge is 2.27. The normalized spacial score (nSPS) is 20.6. The zero-order chi connectivity index (χ0) is 24.6. The van der Waals surface area contributed by atoms with Crippen LogP contribution in [0.25, 0.3) is 33.1 Å². The summed E-state index contributed by atoms with van der Waals surface area (Å²) >= 11 is 0. The second-order valence-electron chi connectivity index (χ2n) is 10.6. The first-order valence-electron chi connectivity index (χ1n) is 13.4. The van der Waals surface area contributed by atoms with Gasteiger partial charge in [0.05, 0.1) is 29.4 Å². The lowest BCUT2D eigenvalue weighted by Crippen LogP contribution is -2.25. The predicted molar refractivity (Wildman–Crippen MR) is 144 cm³/mol. The Labute approximate surface area is 211 Å². The largest absolute Gasteiger partial charge is 0.478 e. The third kappa shape index (κ3) is 4.30. The third-order valence-electron chi connectivity index (χ3n) is 8.08. The van der Waals surface area contributed by atoms with Gasteiger partial charge < -0.3 is 9.64 Å². The number of imidazole rings is 1. The number of ether oxygens (including phenoxy) is 1. The molecule has 7 heteroatoms. The van der Waals surface area contributed by atoms with Crippen LogP contribution in [0.15, 0.2) is 47.5 Å². The monoisotopic (exact) mass is 485 g/mol. The Morgan fingerprint density at radius 3 is 2.61 bits per heavy atom. The molecule has 2 aliphatic rings. The highest BCUT2D eigenvalue weighted by atomic mass is 16.5. The first-order valence-corrected chi connectivity index (χ1v) is 13.4. The summed E-state index contributed by atoms with van der Waals surface area (Å²) in [6, 6.07) is 10.5. The summed E-state index contributed by atoms with van der Waals surface area (Å²) in [5, 5.41) is 1.02. The van der Waals surface area contributed by atoms with Crippen LogP contribution in [0.2, 0.25) is 0 Å². The molecule has 1 aliphatic carbocycles. The summed E-state index contributed by atoms with van der Waals surface area (Å²) in [6.45, 7) is 6.51. The van der Waals surface area contributed by atoms with Gasteiger partial charge >= 0.3 is 5.69 Å². The summed E-state index contributed by atoms with van der Waals surface area (Å²) in [5.41, 5.74) is 4.93. The van der Waals surface area contributed by atoms with Crippen molar-refractivity contribution < 1.29 is 4.74 Å². The Morgan fingerprint density at radius 2 is 1.86 bits per heavy atom. The van der Waals surface area contributed by atoms with Crippen molar-refractivity contribution in [2.45, 2.75) is 51.5 Å². The van der Waals surface area contributed by atoms with E-state index in [0.717, 1.165) is 58.9 Å². The van der Waals surface area contributed by atoms with Gasteiger partial charge in [0, 0.05) is 42.8 Å². The van der Waals surface area contributed by atoms with E-state index in [9.17, 15) is 4.79 Å². The van der Waals surface area contributed by atoms with Crippen LogP contribution in [0.5, 0.6) is 5.88 Å². The zero-order valence-corrected chi connectivity index (χ0v) is 21.3. The number of hydrogen-bond donors (Lipinski definition) is 0. The highest BCUT2D eigenvalue weighted by molar-refractivity contribution is 6.04. The molecule has 2 atom stereocenters. The molecule has 0 amide bonds. The van der Waals surface area contributed by atoms with Gasteiger partial charge in [-0.25, -0.2) is 9.78 Å². The topological polar surface area (TPSA) is 65.2 Å². The fraction of sp³-hybridized carbons (Fsp3) is 0.483. The number of fused-ring (bicyclic) bond motifs is 3. The second kappa shape index (κ2) is 9.69. The van der Waals surface area contributed by atoms with Crippen LogP contribution in [0.4, 0.5) is 0 Å². The standard InChI is InChI=1S/C29H35N5O2/c1-20-6-9-23(16-20)34-28-24-17-21(7-10-25(24)30-19-26(28)32(2)29(34)35)22-8-11-27(31-18-22)36-15-5-14-33-12-3-4-13-33/h7-8,10-11,17-20,23H,3-6,9,12-16H2,1-2H3/t20-,23-/m0/s1. The molecule has 1 aromatic carbocycles. The van der Waals surface area contributed by atoms with Crippen LogP contribution in [0.3, 0.4) is 0 Å². The molecule has 0 N–H and O–H groups in total. The molecule has 1 aliphatic heterocycles. The summed E-state index contributed by atoms with van der Waals surface area (Å²) in [4.78, 5) is 25.0. The maximum absolute atomic E-state index is 13.3. The Morgan fingerprint density at radius 1 is 1.03 bits per heavy atom. The van der Waals surface area contributed by atoms with Crippen molar-refractivity contribution >= 4 is 21.9 Å². The summed E-state index contributed by atoms with van der Waals surface area (Å²) in [5.74, 6) is 1.31. The van der Waals surface area contributed by atoms with Crippen molar-refractivity contribution in [1.82, 2.24) is 24.0 Å². The van der Waals surface area contributed by atoms with Crippen LogP contribution in [0, 0.1) is 5.92 Å². The average Bonchev–Trinajstić information content (AvgIpc) is 3.63. The number of aromatic nitrogens is 4. The smallest absolute Gasteiger partial charge is 0.329 e. The van der Waals surface area contributed by atoms with E-state index in [1.807, 2.05) is 36.1 Å². The fourth-order valence-corrected chi connectivity index (χ4v) is 6.06. The van der Waals surface area contributed by atoms with Gasteiger partial charge in [-0.05, 0) is 81.3 Å². The number of rotatable bonds is 7. The Bertz CT molecular complexity index is 1430. The molecule has 0 unspecified atom stereocenters.